The van der Waals surface area contributed by atoms with Crippen molar-refractivity contribution < 1.29 is 0 Å². The van der Waals surface area contributed by atoms with Gasteiger partial charge in [-0.1, -0.05) is 0 Å². The molecule has 3 heterocycles. The predicted molar refractivity (Wildman–Crippen MR) is 75.1 cm³/mol. The second kappa shape index (κ2) is 4.34. The van der Waals surface area contributed by atoms with Crippen LogP contribution in [-0.2, 0) is 7.05 Å². The van der Waals surface area contributed by atoms with Gasteiger partial charge >= 0.3 is 0 Å². The van der Waals surface area contributed by atoms with Crippen molar-refractivity contribution in [2.24, 2.45) is 7.05 Å². The largest absolute Gasteiger partial charge is 0.368 e. The van der Waals surface area contributed by atoms with Crippen molar-refractivity contribution in [1.82, 2.24) is 25.1 Å². The van der Waals surface area contributed by atoms with Gasteiger partial charge in [0, 0.05) is 32.7 Å². The highest BCUT2D eigenvalue weighted by Gasteiger charge is 2.24. The lowest BCUT2D eigenvalue weighted by Crippen LogP contribution is -2.50. The van der Waals surface area contributed by atoms with Crippen LogP contribution in [0, 0.1) is 6.92 Å². The number of hydrogen-bond acceptors (Lipinski definition) is 6. The number of nitrogens with two attached hydrogens (primary N) is 1. The van der Waals surface area contributed by atoms with Gasteiger partial charge in [0.1, 0.15) is 11.0 Å². The Kier molecular flexibility index (Phi) is 2.78. The number of hydrogen-bond donors (Lipinski definition) is 2. The molecule has 1 aliphatic rings. The van der Waals surface area contributed by atoms with Gasteiger partial charge in [-0.3, -0.25) is 4.68 Å². The molecule has 0 aromatic carbocycles. The molecule has 1 fully saturated rings. The fourth-order valence-electron chi connectivity index (χ4n) is 2.69. The molecule has 2 aromatic rings. The summed E-state index contributed by atoms with van der Waals surface area (Å²) in [6, 6.07) is 0.376. The Morgan fingerprint density at radius 2 is 2.16 bits per heavy atom. The summed E-state index contributed by atoms with van der Waals surface area (Å²) in [5.74, 6) is 1.20. The number of aromatic nitrogens is 4. The van der Waals surface area contributed by atoms with Gasteiger partial charge in [-0.15, -0.1) is 0 Å². The number of aryl methyl sites for hydroxylation is 2. The summed E-state index contributed by atoms with van der Waals surface area (Å²) < 4.78 is 1.84. The fourth-order valence-corrected chi connectivity index (χ4v) is 2.69. The molecule has 3 N–H and O–H groups in total. The normalized spacial score (nSPS) is 20.2. The van der Waals surface area contributed by atoms with Crippen LogP contribution in [0.3, 0.4) is 0 Å². The van der Waals surface area contributed by atoms with E-state index in [2.05, 4.69) is 32.2 Å². The topological polar surface area (TPSA) is 84.9 Å². The van der Waals surface area contributed by atoms with E-state index < -0.39 is 0 Å². The van der Waals surface area contributed by atoms with Crippen LogP contribution in [0.5, 0.6) is 0 Å². The third-order valence-corrected chi connectivity index (χ3v) is 3.62. The Hall–Kier alpha value is -1.89. The molecule has 1 saturated heterocycles. The first kappa shape index (κ1) is 12.2. The zero-order valence-corrected chi connectivity index (χ0v) is 11.5. The van der Waals surface area contributed by atoms with Gasteiger partial charge < -0.3 is 16.0 Å². The van der Waals surface area contributed by atoms with Crippen LogP contribution in [0.1, 0.15) is 12.6 Å². The second-order valence-electron chi connectivity index (χ2n) is 5.06. The van der Waals surface area contributed by atoms with Crippen molar-refractivity contribution in [3.05, 3.63) is 5.69 Å². The highest BCUT2D eigenvalue weighted by atomic mass is 15.3. The van der Waals surface area contributed by atoms with E-state index in [1.165, 1.54) is 0 Å². The molecule has 0 amide bonds. The molecule has 1 atom stereocenters. The molecule has 7 nitrogen and oxygen atoms in total. The Balaban J connectivity index is 2.21. The average molecular weight is 261 g/mol. The standard InChI is InChI=1S/C12H19N7/c1-7-6-14-4-5-19(7)11-10-9(15-12(13)16-11)8(2)17-18(10)3/h7,14H,4-6H2,1-3H3,(H2,13,15,16)/t7-/m0/s1. The number of fused-ring (bicyclic) bond motifs is 1. The molecule has 0 aliphatic carbocycles. The SMILES string of the molecule is Cc1nn(C)c2c(N3CCNC[C@@H]3C)nc(N)nc12. The van der Waals surface area contributed by atoms with Crippen LogP contribution in [-0.4, -0.2) is 45.4 Å². The van der Waals surface area contributed by atoms with Crippen molar-refractivity contribution >= 4 is 22.8 Å². The molecule has 7 heteroatoms. The van der Waals surface area contributed by atoms with Gasteiger partial charge in [0.15, 0.2) is 5.82 Å². The van der Waals surface area contributed by atoms with Gasteiger partial charge in [-0.05, 0) is 13.8 Å². The number of nitrogens with zero attached hydrogens (tertiary/aromatic N) is 5. The molecule has 1 aliphatic heterocycles. The number of piperazine rings is 1. The monoisotopic (exact) mass is 261 g/mol. The maximum absolute atomic E-state index is 5.85. The summed E-state index contributed by atoms with van der Waals surface area (Å²) in [6.45, 7) is 6.94. The maximum atomic E-state index is 5.85. The minimum atomic E-state index is 0.310. The number of nitrogens with one attached hydrogen (secondary N) is 1. The van der Waals surface area contributed by atoms with E-state index in [0.29, 0.717) is 12.0 Å². The van der Waals surface area contributed by atoms with Crippen molar-refractivity contribution in [2.45, 2.75) is 19.9 Å². The minimum Gasteiger partial charge on any atom is -0.368 e. The Labute approximate surface area is 111 Å². The van der Waals surface area contributed by atoms with Crippen molar-refractivity contribution in [2.75, 3.05) is 30.3 Å². The molecule has 102 valence electrons. The Bertz CT molecular complexity index is 618. The molecule has 0 bridgehead atoms. The van der Waals surface area contributed by atoms with Gasteiger partial charge in [-0.25, -0.2) is 4.98 Å². The van der Waals surface area contributed by atoms with Crippen molar-refractivity contribution in [1.29, 1.82) is 0 Å². The first-order valence-corrected chi connectivity index (χ1v) is 6.52. The zero-order valence-electron chi connectivity index (χ0n) is 11.5. The van der Waals surface area contributed by atoms with Crippen LogP contribution >= 0.6 is 0 Å². The summed E-state index contributed by atoms with van der Waals surface area (Å²) in [6.07, 6.45) is 0. The highest BCUT2D eigenvalue weighted by molar-refractivity contribution is 5.89. The van der Waals surface area contributed by atoms with Gasteiger partial charge in [-0.2, -0.15) is 10.1 Å². The molecule has 3 rings (SSSR count). The second-order valence-corrected chi connectivity index (χ2v) is 5.06. The molecular weight excluding hydrogens is 242 g/mol. The van der Waals surface area contributed by atoms with Crippen molar-refractivity contribution in [3.63, 3.8) is 0 Å². The average Bonchev–Trinajstić information content (AvgIpc) is 2.65. The van der Waals surface area contributed by atoms with Crippen LogP contribution in [0.25, 0.3) is 11.0 Å². The number of anilines is 2. The van der Waals surface area contributed by atoms with Gasteiger partial charge in [0.2, 0.25) is 5.95 Å². The van der Waals surface area contributed by atoms with E-state index in [1.54, 1.807) is 0 Å². The number of nitrogen functional groups attached to an aromatic ring is 1. The third kappa shape index (κ3) is 1.90. The summed E-state index contributed by atoms with van der Waals surface area (Å²) in [7, 11) is 1.92. The quantitative estimate of drug-likeness (QED) is 0.754. The van der Waals surface area contributed by atoms with Gasteiger partial charge in [0.25, 0.3) is 0 Å². The van der Waals surface area contributed by atoms with Crippen molar-refractivity contribution in [3.8, 4) is 0 Å². The van der Waals surface area contributed by atoms with E-state index in [1.807, 2.05) is 18.7 Å². The minimum absolute atomic E-state index is 0.310. The molecule has 2 aromatic heterocycles. The summed E-state index contributed by atoms with van der Waals surface area (Å²) in [5, 5.41) is 7.81. The highest BCUT2D eigenvalue weighted by Crippen LogP contribution is 2.27. The zero-order chi connectivity index (χ0) is 13.6. The predicted octanol–water partition coefficient (Wildman–Crippen LogP) is 0.0520. The Morgan fingerprint density at radius 3 is 2.89 bits per heavy atom. The first-order chi connectivity index (χ1) is 9.08. The molecule has 0 spiro atoms. The van der Waals surface area contributed by atoms with E-state index in [9.17, 15) is 0 Å². The molecule has 0 unspecified atom stereocenters. The van der Waals surface area contributed by atoms with Gasteiger partial charge in [0.05, 0.1) is 5.69 Å². The maximum Gasteiger partial charge on any atom is 0.222 e. The molecule has 0 radical (unpaired) electrons. The smallest absolute Gasteiger partial charge is 0.222 e. The van der Waals surface area contributed by atoms with Crippen LogP contribution in [0.2, 0.25) is 0 Å². The van der Waals surface area contributed by atoms with Crippen LogP contribution in [0.15, 0.2) is 0 Å². The lowest BCUT2D eigenvalue weighted by molar-refractivity contribution is 0.497. The summed E-state index contributed by atoms with van der Waals surface area (Å²) >= 11 is 0. The third-order valence-electron chi connectivity index (χ3n) is 3.62. The van der Waals surface area contributed by atoms with Crippen LogP contribution in [0.4, 0.5) is 11.8 Å². The lowest BCUT2D eigenvalue weighted by atomic mass is 10.2. The molecular formula is C12H19N7. The Morgan fingerprint density at radius 1 is 1.37 bits per heavy atom. The molecule has 0 saturated carbocycles. The first-order valence-electron chi connectivity index (χ1n) is 6.52. The van der Waals surface area contributed by atoms with E-state index >= 15 is 0 Å². The summed E-state index contributed by atoms with van der Waals surface area (Å²) in [4.78, 5) is 11.0. The van der Waals surface area contributed by atoms with E-state index in [0.717, 1.165) is 42.2 Å². The lowest BCUT2D eigenvalue weighted by Gasteiger charge is -2.35. The van der Waals surface area contributed by atoms with E-state index in [-0.39, 0.29) is 0 Å². The fraction of sp³-hybridized carbons (Fsp3) is 0.583. The summed E-state index contributed by atoms with van der Waals surface area (Å²) in [5.41, 5.74) is 8.54. The van der Waals surface area contributed by atoms with E-state index in [4.69, 9.17) is 5.73 Å². The number of rotatable bonds is 1. The molecule has 19 heavy (non-hydrogen) atoms. The van der Waals surface area contributed by atoms with Crippen LogP contribution < -0.4 is 16.0 Å².